The van der Waals surface area contributed by atoms with Crippen molar-refractivity contribution in [1.82, 2.24) is 5.01 Å². The van der Waals surface area contributed by atoms with Crippen molar-refractivity contribution in [1.29, 1.82) is 0 Å². The monoisotopic (exact) mass is 416 g/mol. The van der Waals surface area contributed by atoms with Crippen LogP contribution in [-0.2, 0) is 6.54 Å². The zero-order chi connectivity index (χ0) is 18.5. The first kappa shape index (κ1) is 18.9. The molecule has 3 rings (SSSR count). The average molecular weight is 417 g/mol. The van der Waals surface area contributed by atoms with E-state index in [1.165, 1.54) is 16.7 Å². The number of piperazine rings is 1. The Hall–Kier alpha value is -1.85. The van der Waals surface area contributed by atoms with Crippen LogP contribution in [0.25, 0.3) is 0 Å². The number of hydrazone groups is 1. The SMILES string of the molecule is COc1ccc(/C=N\N2CC[NH+](Cc3ccc(C)cc3C)CC2)cc1Br. The fourth-order valence-electron chi connectivity index (χ4n) is 3.33. The number of benzene rings is 2. The number of rotatable bonds is 5. The van der Waals surface area contributed by atoms with Crippen LogP contribution >= 0.6 is 15.9 Å². The Labute approximate surface area is 164 Å². The van der Waals surface area contributed by atoms with E-state index in [1.807, 2.05) is 24.4 Å². The van der Waals surface area contributed by atoms with Gasteiger partial charge in [0, 0.05) is 5.56 Å². The van der Waals surface area contributed by atoms with Gasteiger partial charge in [-0.2, -0.15) is 5.10 Å². The topological polar surface area (TPSA) is 29.3 Å². The molecule has 2 aromatic rings. The van der Waals surface area contributed by atoms with Crippen molar-refractivity contribution in [2.24, 2.45) is 5.10 Å². The van der Waals surface area contributed by atoms with Crippen molar-refractivity contribution in [3.05, 3.63) is 63.1 Å². The number of methoxy groups -OCH3 is 1. The first-order chi connectivity index (χ1) is 12.5. The molecule has 1 saturated heterocycles. The van der Waals surface area contributed by atoms with Crippen LogP contribution in [0, 0.1) is 13.8 Å². The summed E-state index contributed by atoms with van der Waals surface area (Å²) in [4.78, 5) is 1.63. The van der Waals surface area contributed by atoms with E-state index in [1.54, 1.807) is 12.0 Å². The number of hydrogen-bond acceptors (Lipinski definition) is 3. The Morgan fingerprint density at radius 3 is 2.58 bits per heavy atom. The third kappa shape index (κ3) is 4.86. The molecule has 26 heavy (non-hydrogen) atoms. The standard InChI is InChI=1S/C21H26BrN3O/c1-16-4-6-19(17(2)12-16)15-24-8-10-25(11-9-24)23-14-18-5-7-21(26-3)20(22)13-18/h4-7,12-14H,8-11,15H2,1-3H3/p+1/b23-14-. The lowest BCUT2D eigenvalue weighted by molar-refractivity contribution is -0.918. The summed E-state index contributed by atoms with van der Waals surface area (Å²) in [6.45, 7) is 9.71. The molecule has 0 aromatic heterocycles. The van der Waals surface area contributed by atoms with Crippen LogP contribution in [0.4, 0.5) is 0 Å². The van der Waals surface area contributed by atoms with Gasteiger partial charge in [0.2, 0.25) is 0 Å². The minimum absolute atomic E-state index is 0.839. The maximum atomic E-state index is 5.27. The van der Waals surface area contributed by atoms with E-state index >= 15 is 0 Å². The highest BCUT2D eigenvalue weighted by Crippen LogP contribution is 2.24. The van der Waals surface area contributed by atoms with E-state index in [-0.39, 0.29) is 0 Å². The second-order valence-corrected chi connectivity index (χ2v) is 7.80. The highest BCUT2D eigenvalue weighted by molar-refractivity contribution is 9.10. The van der Waals surface area contributed by atoms with Gasteiger partial charge in [-0.25, -0.2) is 0 Å². The van der Waals surface area contributed by atoms with Crippen LogP contribution in [0.2, 0.25) is 0 Å². The number of halogens is 1. The molecule has 0 saturated carbocycles. The van der Waals surface area contributed by atoms with Crippen molar-refractivity contribution in [3.63, 3.8) is 0 Å². The molecule has 4 nitrogen and oxygen atoms in total. The van der Waals surface area contributed by atoms with Gasteiger partial charge in [0.25, 0.3) is 0 Å². The van der Waals surface area contributed by atoms with Gasteiger partial charge in [-0.05, 0) is 59.1 Å². The third-order valence-corrected chi connectivity index (χ3v) is 5.55. The second-order valence-electron chi connectivity index (χ2n) is 6.95. The second kappa shape index (κ2) is 8.69. The maximum absolute atomic E-state index is 5.27. The Morgan fingerprint density at radius 2 is 1.92 bits per heavy atom. The summed E-state index contributed by atoms with van der Waals surface area (Å²) in [6, 6.07) is 12.8. The molecule has 0 radical (unpaired) electrons. The van der Waals surface area contributed by atoms with Crippen LogP contribution in [0.15, 0.2) is 46.0 Å². The van der Waals surface area contributed by atoms with Crippen molar-refractivity contribution in [2.45, 2.75) is 20.4 Å². The summed E-state index contributed by atoms with van der Waals surface area (Å²) in [5.74, 6) is 0.839. The fraction of sp³-hybridized carbons (Fsp3) is 0.381. The van der Waals surface area contributed by atoms with Gasteiger partial charge in [-0.3, -0.25) is 5.01 Å². The summed E-state index contributed by atoms with van der Waals surface area (Å²) in [5, 5.41) is 6.82. The van der Waals surface area contributed by atoms with Crippen molar-refractivity contribution in [3.8, 4) is 5.75 Å². The van der Waals surface area contributed by atoms with E-state index in [0.29, 0.717) is 0 Å². The number of aryl methyl sites for hydroxylation is 2. The van der Waals surface area contributed by atoms with Gasteiger partial charge in [0.05, 0.1) is 44.0 Å². The normalized spacial score (nSPS) is 15.6. The zero-order valence-corrected chi connectivity index (χ0v) is 17.3. The summed E-state index contributed by atoms with van der Waals surface area (Å²) in [7, 11) is 1.67. The molecule has 1 aliphatic rings. The molecule has 0 atom stereocenters. The van der Waals surface area contributed by atoms with Crippen molar-refractivity contribution in [2.75, 3.05) is 33.3 Å². The van der Waals surface area contributed by atoms with E-state index in [9.17, 15) is 0 Å². The van der Waals surface area contributed by atoms with Crippen LogP contribution in [0.3, 0.4) is 0 Å². The summed E-state index contributed by atoms with van der Waals surface area (Å²) in [5.41, 5.74) is 5.28. The van der Waals surface area contributed by atoms with Gasteiger partial charge in [-0.15, -0.1) is 0 Å². The predicted octanol–water partition coefficient (Wildman–Crippen LogP) is 2.81. The first-order valence-corrected chi connectivity index (χ1v) is 9.86. The van der Waals surface area contributed by atoms with Crippen LogP contribution in [-0.4, -0.2) is 44.5 Å². The minimum atomic E-state index is 0.839. The van der Waals surface area contributed by atoms with Crippen molar-refractivity contribution < 1.29 is 9.64 Å². The molecule has 138 valence electrons. The number of ether oxygens (including phenoxy) is 1. The summed E-state index contributed by atoms with van der Waals surface area (Å²) < 4.78 is 6.22. The molecular weight excluding hydrogens is 390 g/mol. The molecule has 0 amide bonds. The quantitative estimate of drug-likeness (QED) is 0.759. The molecule has 0 aliphatic carbocycles. The van der Waals surface area contributed by atoms with Gasteiger partial charge in [0.15, 0.2) is 0 Å². The molecule has 0 spiro atoms. The third-order valence-electron chi connectivity index (χ3n) is 4.93. The lowest BCUT2D eigenvalue weighted by Gasteiger charge is -2.30. The predicted molar refractivity (Wildman–Crippen MR) is 110 cm³/mol. The summed E-state index contributed by atoms with van der Waals surface area (Å²) >= 11 is 3.52. The molecule has 5 heteroatoms. The summed E-state index contributed by atoms with van der Waals surface area (Å²) in [6.07, 6.45) is 1.93. The highest BCUT2D eigenvalue weighted by Gasteiger charge is 2.19. The molecule has 0 unspecified atom stereocenters. The minimum Gasteiger partial charge on any atom is -0.496 e. The molecule has 1 N–H and O–H groups in total. The molecule has 0 bridgehead atoms. The highest BCUT2D eigenvalue weighted by atomic mass is 79.9. The first-order valence-electron chi connectivity index (χ1n) is 9.07. The number of nitrogens with zero attached hydrogens (tertiary/aromatic N) is 2. The Balaban J connectivity index is 1.52. The van der Waals surface area contributed by atoms with Crippen LogP contribution < -0.4 is 9.64 Å². The van der Waals surface area contributed by atoms with Crippen LogP contribution in [0.1, 0.15) is 22.3 Å². The van der Waals surface area contributed by atoms with Gasteiger partial charge >= 0.3 is 0 Å². The maximum Gasteiger partial charge on any atom is 0.133 e. The van der Waals surface area contributed by atoms with E-state index < -0.39 is 0 Å². The van der Waals surface area contributed by atoms with Gasteiger partial charge in [-0.1, -0.05) is 23.8 Å². The molecule has 1 aliphatic heterocycles. The molecule has 1 fully saturated rings. The Morgan fingerprint density at radius 1 is 1.15 bits per heavy atom. The largest absolute Gasteiger partial charge is 0.496 e. The van der Waals surface area contributed by atoms with E-state index in [4.69, 9.17) is 4.74 Å². The van der Waals surface area contributed by atoms with Crippen molar-refractivity contribution >= 4 is 22.1 Å². The van der Waals surface area contributed by atoms with Gasteiger partial charge < -0.3 is 9.64 Å². The lowest BCUT2D eigenvalue weighted by Crippen LogP contribution is -3.13. The zero-order valence-electron chi connectivity index (χ0n) is 15.8. The van der Waals surface area contributed by atoms with Crippen LogP contribution in [0.5, 0.6) is 5.75 Å². The van der Waals surface area contributed by atoms with Gasteiger partial charge in [0.1, 0.15) is 12.3 Å². The lowest BCUT2D eigenvalue weighted by atomic mass is 10.1. The average Bonchev–Trinajstić information content (AvgIpc) is 2.63. The Bertz CT molecular complexity index is 783. The number of quaternary nitrogens is 1. The Kier molecular flexibility index (Phi) is 6.33. The fourth-order valence-corrected chi connectivity index (χ4v) is 3.89. The molecular formula is C21H27BrN3O+. The molecule has 1 heterocycles. The molecule has 2 aromatic carbocycles. The number of hydrogen-bond donors (Lipinski definition) is 1. The van der Waals surface area contributed by atoms with E-state index in [2.05, 4.69) is 58.1 Å². The smallest absolute Gasteiger partial charge is 0.133 e. The number of nitrogens with one attached hydrogen (secondary N) is 1. The van der Waals surface area contributed by atoms with E-state index in [0.717, 1.165) is 48.5 Å².